The molecule has 1 aliphatic rings. The number of hydrogen-bond donors (Lipinski definition) is 1. The number of benzene rings is 2. The standard InChI is InChI=1S/C20H20N2O5/c1-21(2)13-6-8-14(9-7-13)22-19(24)17(18(23)20(22)25)12-5-10-15(26-3)16(11-12)27-4/h5-11,23H,1-4H3. The van der Waals surface area contributed by atoms with E-state index < -0.39 is 17.6 Å². The summed E-state index contributed by atoms with van der Waals surface area (Å²) in [5.74, 6) is -1.08. The van der Waals surface area contributed by atoms with E-state index >= 15 is 0 Å². The van der Waals surface area contributed by atoms with Crippen molar-refractivity contribution in [3.63, 3.8) is 0 Å². The fourth-order valence-corrected chi connectivity index (χ4v) is 2.90. The van der Waals surface area contributed by atoms with E-state index in [1.165, 1.54) is 14.2 Å². The summed E-state index contributed by atoms with van der Waals surface area (Å²) in [5, 5.41) is 10.3. The zero-order chi connectivity index (χ0) is 19.7. The molecular weight excluding hydrogens is 348 g/mol. The number of carbonyl (C=O) groups excluding carboxylic acids is 2. The maximum absolute atomic E-state index is 12.9. The van der Waals surface area contributed by atoms with E-state index in [9.17, 15) is 14.7 Å². The third-order valence-corrected chi connectivity index (χ3v) is 4.36. The van der Waals surface area contributed by atoms with Crippen LogP contribution in [0.5, 0.6) is 11.5 Å². The molecule has 0 saturated heterocycles. The zero-order valence-electron chi connectivity index (χ0n) is 15.5. The predicted octanol–water partition coefficient (Wildman–Crippen LogP) is 2.61. The number of methoxy groups -OCH3 is 2. The van der Waals surface area contributed by atoms with Crippen LogP contribution in [0.25, 0.3) is 5.57 Å². The van der Waals surface area contributed by atoms with E-state index in [1.54, 1.807) is 42.5 Å². The maximum Gasteiger partial charge on any atom is 0.301 e. The fourth-order valence-electron chi connectivity index (χ4n) is 2.90. The fraction of sp³-hybridized carbons (Fsp3) is 0.200. The molecule has 140 valence electrons. The molecule has 1 heterocycles. The lowest BCUT2D eigenvalue weighted by Gasteiger charge is -2.17. The summed E-state index contributed by atoms with van der Waals surface area (Å²) in [7, 11) is 6.75. The Hall–Kier alpha value is -3.48. The number of nitrogens with zero attached hydrogens (tertiary/aromatic N) is 2. The van der Waals surface area contributed by atoms with Crippen LogP contribution in [0.4, 0.5) is 11.4 Å². The summed E-state index contributed by atoms with van der Waals surface area (Å²) in [6, 6.07) is 11.7. The highest BCUT2D eigenvalue weighted by molar-refractivity contribution is 6.44. The van der Waals surface area contributed by atoms with Gasteiger partial charge < -0.3 is 19.5 Å². The van der Waals surface area contributed by atoms with Gasteiger partial charge in [-0.15, -0.1) is 0 Å². The average Bonchev–Trinajstić information content (AvgIpc) is 2.90. The molecule has 2 aromatic rings. The molecule has 3 rings (SSSR count). The number of rotatable bonds is 5. The molecule has 0 fully saturated rings. The number of amides is 2. The summed E-state index contributed by atoms with van der Waals surface area (Å²) in [5.41, 5.74) is 1.61. The van der Waals surface area contributed by atoms with Gasteiger partial charge in [-0.2, -0.15) is 0 Å². The van der Waals surface area contributed by atoms with E-state index in [1.807, 2.05) is 19.0 Å². The first-order valence-corrected chi connectivity index (χ1v) is 8.20. The molecule has 7 heteroatoms. The average molecular weight is 368 g/mol. The highest BCUT2D eigenvalue weighted by Crippen LogP contribution is 2.36. The lowest BCUT2D eigenvalue weighted by molar-refractivity contribution is -0.121. The number of hydrogen-bond acceptors (Lipinski definition) is 6. The Labute approximate surface area is 157 Å². The van der Waals surface area contributed by atoms with Gasteiger partial charge in [0.15, 0.2) is 17.3 Å². The third-order valence-electron chi connectivity index (χ3n) is 4.36. The quantitative estimate of drug-likeness (QED) is 0.818. The number of ether oxygens (including phenoxy) is 2. The van der Waals surface area contributed by atoms with Gasteiger partial charge >= 0.3 is 5.91 Å². The molecule has 0 radical (unpaired) electrons. The summed E-state index contributed by atoms with van der Waals surface area (Å²) in [6.45, 7) is 0. The minimum Gasteiger partial charge on any atom is -0.502 e. The molecule has 2 amide bonds. The van der Waals surface area contributed by atoms with Crippen LogP contribution in [0, 0.1) is 0 Å². The minimum absolute atomic E-state index is 0.0716. The Morgan fingerprint density at radius 3 is 2.07 bits per heavy atom. The summed E-state index contributed by atoms with van der Waals surface area (Å²) in [4.78, 5) is 28.3. The Morgan fingerprint density at radius 1 is 0.889 bits per heavy atom. The van der Waals surface area contributed by atoms with Crippen molar-refractivity contribution in [3.05, 3.63) is 53.8 Å². The highest BCUT2D eigenvalue weighted by atomic mass is 16.5. The largest absolute Gasteiger partial charge is 0.502 e. The number of carbonyl (C=O) groups is 2. The maximum atomic E-state index is 12.9. The second-order valence-corrected chi connectivity index (χ2v) is 6.15. The van der Waals surface area contributed by atoms with Crippen molar-refractivity contribution in [1.82, 2.24) is 0 Å². The molecule has 27 heavy (non-hydrogen) atoms. The second kappa shape index (κ2) is 7.03. The van der Waals surface area contributed by atoms with Crippen LogP contribution in [-0.4, -0.2) is 45.2 Å². The number of imide groups is 1. The monoisotopic (exact) mass is 368 g/mol. The molecule has 7 nitrogen and oxygen atoms in total. The van der Waals surface area contributed by atoms with E-state index in [2.05, 4.69) is 0 Å². The second-order valence-electron chi connectivity index (χ2n) is 6.15. The van der Waals surface area contributed by atoms with Crippen LogP contribution in [0.3, 0.4) is 0 Å². The molecular formula is C20H20N2O5. The van der Waals surface area contributed by atoms with E-state index in [0.717, 1.165) is 10.6 Å². The molecule has 0 bridgehead atoms. The molecule has 0 spiro atoms. The van der Waals surface area contributed by atoms with Crippen molar-refractivity contribution in [1.29, 1.82) is 0 Å². The van der Waals surface area contributed by atoms with Crippen molar-refractivity contribution in [2.45, 2.75) is 0 Å². The lowest BCUT2D eigenvalue weighted by atomic mass is 10.0. The third kappa shape index (κ3) is 3.08. The zero-order valence-corrected chi connectivity index (χ0v) is 15.5. The van der Waals surface area contributed by atoms with Crippen LogP contribution in [-0.2, 0) is 9.59 Å². The molecule has 2 aromatic carbocycles. The van der Waals surface area contributed by atoms with Gasteiger partial charge in [-0.3, -0.25) is 9.59 Å². The van der Waals surface area contributed by atoms with E-state index in [0.29, 0.717) is 22.7 Å². The Morgan fingerprint density at radius 2 is 1.52 bits per heavy atom. The van der Waals surface area contributed by atoms with Crippen LogP contribution in [0.15, 0.2) is 48.2 Å². The van der Waals surface area contributed by atoms with Gasteiger partial charge in [0.25, 0.3) is 5.91 Å². The normalized spacial score (nSPS) is 14.0. The van der Waals surface area contributed by atoms with Gasteiger partial charge in [0.1, 0.15) is 0 Å². The number of aliphatic hydroxyl groups excluding tert-OH is 1. The SMILES string of the molecule is COc1ccc(C2=C(O)C(=O)N(c3ccc(N(C)C)cc3)C2=O)cc1OC. The van der Waals surface area contributed by atoms with Crippen molar-refractivity contribution < 1.29 is 24.2 Å². The molecule has 0 aliphatic carbocycles. The summed E-state index contributed by atoms with van der Waals surface area (Å²) < 4.78 is 10.4. The van der Waals surface area contributed by atoms with E-state index in [-0.39, 0.29) is 5.57 Å². The van der Waals surface area contributed by atoms with Crippen LogP contribution < -0.4 is 19.3 Å². The predicted molar refractivity (Wildman–Crippen MR) is 102 cm³/mol. The molecule has 0 atom stereocenters. The number of anilines is 2. The van der Waals surface area contributed by atoms with Crippen molar-refractivity contribution >= 4 is 28.8 Å². The van der Waals surface area contributed by atoms with Crippen LogP contribution >= 0.6 is 0 Å². The van der Waals surface area contributed by atoms with Crippen molar-refractivity contribution in [2.75, 3.05) is 38.1 Å². The van der Waals surface area contributed by atoms with Gasteiger partial charge in [-0.05, 0) is 42.0 Å². The Kier molecular flexibility index (Phi) is 4.77. The Bertz CT molecular complexity index is 932. The first-order chi connectivity index (χ1) is 12.9. The summed E-state index contributed by atoms with van der Waals surface area (Å²) >= 11 is 0. The lowest BCUT2D eigenvalue weighted by Crippen LogP contribution is -2.31. The number of aliphatic hydroxyl groups is 1. The minimum atomic E-state index is -0.762. The van der Waals surface area contributed by atoms with Crippen LogP contribution in [0.1, 0.15) is 5.56 Å². The summed E-state index contributed by atoms with van der Waals surface area (Å²) in [6.07, 6.45) is 0. The highest BCUT2D eigenvalue weighted by Gasteiger charge is 2.40. The first-order valence-electron chi connectivity index (χ1n) is 8.20. The molecule has 1 aliphatic heterocycles. The van der Waals surface area contributed by atoms with Crippen molar-refractivity contribution in [3.8, 4) is 11.5 Å². The Balaban J connectivity index is 1.99. The first kappa shape index (κ1) is 18.3. The van der Waals surface area contributed by atoms with Gasteiger partial charge in [-0.25, -0.2) is 4.90 Å². The molecule has 0 unspecified atom stereocenters. The topological polar surface area (TPSA) is 79.3 Å². The van der Waals surface area contributed by atoms with Gasteiger partial charge in [-0.1, -0.05) is 6.07 Å². The van der Waals surface area contributed by atoms with Gasteiger partial charge in [0.05, 0.1) is 25.5 Å². The van der Waals surface area contributed by atoms with Crippen LogP contribution in [0.2, 0.25) is 0 Å². The molecule has 1 N–H and O–H groups in total. The van der Waals surface area contributed by atoms with Gasteiger partial charge in [0.2, 0.25) is 0 Å². The van der Waals surface area contributed by atoms with E-state index in [4.69, 9.17) is 9.47 Å². The van der Waals surface area contributed by atoms with Gasteiger partial charge in [0, 0.05) is 19.8 Å². The van der Waals surface area contributed by atoms with Crippen molar-refractivity contribution in [2.24, 2.45) is 0 Å². The smallest absolute Gasteiger partial charge is 0.301 e. The molecule has 0 saturated carbocycles. The molecule has 0 aromatic heterocycles.